The van der Waals surface area contributed by atoms with Gasteiger partial charge in [-0.25, -0.2) is 4.98 Å². The van der Waals surface area contributed by atoms with Gasteiger partial charge in [-0.15, -0.1) is 0 Å². The first-order chi connectivity index (χ1) is 5.22. The van der Waals surface area contributed by atoms with E-state index in [-0.39, 0.29) is 5.56 Å². The minimum Gasteiger partial charge on any atom is -0.330 e. The number of aromatic nitrogens is 2. The van der Waals surface area contributed by atoms with Crippen LogP contribution < -0.4 is 11.3 Å². The van der Waals surface area contributed by atoms with E-state index in [1.165, 1.54) is 6.07 Å². The van der Waals surface area contributed by atoms with Crippen LogP contribution in [0.1, 0.15) is 11.5 Å². The van der Waals surface area contributed by atoms with Crippen LogP contribution in [0, 0.1) is 6.92 Å². The lowest BCUT2D eigenvalue weighted by Crippen LogP contribution is -2.13. The highest BCUT2D eigenvalue weighted by Gasteiger charge is 1.95. The largest absolute Gasteiger partial charge is 0.330 e. The van der Waals surface area contributed by atoms with Gasteiger partial charge in [0.05, 0.1) is 0 Å². The van der Waals surface area contributed by atoms with E-state index in [2.05, 4.69) is 9.97 Å². The van der Waals surface area contributed by atoms with Crippen LogP contribution in [0.2, 0.25) is 0 Å². The Morgan fingerprint density at radius 2 is 2.45 bits per heavy atom. The molecule has 0 aliphatic rings. The summed E-state index contributed by atoms with van der Waals surface area (Å²) in [6.07, 6.45) is 0.658. The molecular weight excluding hydrogens is 142 g/mol. The molecule has 0 aliphatic carbocycles. The van der Waals surface area contributed by atoms with Gasteiger partial charge >= 0.3 is 0 Å². The van der Waals surface area contributed by atoms with E-state index in [1.54, 1.807) is 6.92 Å². The van der Waals surface area contributed by atoms with E-state index in [0.29, 0.717) is 18.8 Å². The van der Waals surface area contributed by atoms with Crippen molar-refractivity contribution in [3.05, 3.63) is 27.9 Å². The Morgan fingerprint density at radius 3 is 3.00 bits per heavy atom. The first-order valence-electron chi connectivity index (χ1n) is 3.49. The van der Waals surface area contributed by atoms with Gasteiger partial charge in [0, 0.05) is 18.2 Å². The van der Waals surface area contributed by atoms with Gasteiger partial charge in [0.15, 0.2) is 0 Å². The fourth-order valence-electron chi connectivity index (χ4n) is 0.917. The van der Waals surface area contributed by atoms with Gasteiger partial charge in [0.25, 0.3) is 5.56 Å². The highest BCUT2D eigenvalue weighted by atomic mass is 16.1. The van der Waals surface area contributed by atoms with E-state index in [9.17, 15) is 4.79 Å². The quantitative estimate of drug-likeness (QED) is 0.606. The molecule has 0 radical (unpaired) electrons. The lowest BCUT2D eigenvalue weighted by Gasteiger charge is -1.97. The van der Waals surface area contributed by atoms with E-state index in [1.807, 2.05) is 0 Å². The molecule has 1 heterocycles. The maximum Gasteiger partial charge on any atom is 0.251 e. The average molecular weight is 153 g/mol. The second kappa shape index (κ2) is 3.30. The molecule has 4 nitrogen and oxygen atoms in total. The van der Waals surface area contributed by atoms with E-state index in [4.69, 9.17) is 5.73 Å². The lowest BCUT2D eigenvalue weighted by atomic mass is 10.3. The van der Waals surface area contributed by atoms with Crippen LogP contribution in [0.25, 0.3) is 0 Å². The number of aromatic amines is 1. The van der Waals surface area contributed by atoms with Crippen LogP contribution in [0.3, 0.4) is 0 Å². The average Bonchev–Trinajstić information content (AvgIpc) is 1.85. The SMILES string of the molecule is Cc1nc(CCN)cc(=O)[nH]1. The summed E-state index contributed by atoms with van der Waals surface area (Å²) in [6.45, 7) is 2.28. The Balaban J connectivity index is 2.99. The molecule has 0 spiro atoms. The molecule has 0 unspecified atom stereocenters. The predicted molar refractivity (Wildman–Crippen MR) is 42.4 cm³/mol. The Labute approximate surface area is 64.5 Å². The number of nitrogens with zero attached hydrogens (tertiary/aromatic N) is 1. The number of rotatable bonds is 2. The number of H-pyrrole nitrogens is 1. The molecular formula is C7H11N3O. The summed E-state index contributed by atoms with van der Waals surface area (Å²) < 4.78 is 0. The molecule has 1 aromatic heterocycles. The molecule has 1 rings (SSSR count). The third-order valence-corrected chi connectivity index (χ3v) is 1.31. The van der Waals surface area contributed by atoms with Gasteiger partial charge in [-0.2, -0.15) is 0 Å². The van der Waals surface area contributed by atoms with Crippen LogP contribution in [0.15, 0.2) is 10.9 Å². The lowest BCUT2D eigenvalue weighted by molar-refractivity contribution is 0.877. The summed E-state index contributed by atoms with van der Waals surface area (Å²) in [5.74, 6) is 0.640. The molecule has 0 aromatic carbocycles. The smallest absolute Gasteiger partial charge is 0.251 e. The monoisotopic (exact) mass is 153 g/mol. The highest BCUT2D eigenvalue weighted by Crippen LogP contribution is 1.89. The summed E-state index contributed by atoms with van der Waals surface area (Å²) >= 11 is 0. The molecule has 11 heavy (non-hydrogen) atoms. The molecule has 0 fully saturated rings. The maximum atomic E-state index is 10.8. The molecule has 60 valence electrons. The first-order valence-corrected chi connectivity index (χ1v) is 3.49. The van der Waals surface area contributed by atoms with Crippen LogP contribution in [-0.2, 0) is 6.42 Å². The van der Waals surface area contributed by atoms with Crippen LogP contribution >= 0.6 is 0 Å². The fourth-order valence-corrected chi connectivity index (χ4v) is 0.917. The van der Waals surface area contributed by atoms with E-state index < -0.39 is 0 Å². The summed E-state index contributed by atoms with van der Waals surface area (Å²) in [4.78, 5) is 17.5. The van der Waals surface area contributed by atoms with E-state index in [0.717, 1.165) is 5.69 Å². The standard InChI is InChI=1S/C7H11N3O/c1-5-9-6(2-3-8)4-7(11)10-5/h4H,2-3,8H2,1H3,(H,9,10,11). The van der Waals surface area contributed by atoms with Gasteiger partial charge in [-0.3, -0.25) is 4.79 Å². The molecule has 0 saturated carbocycles. The Kier molecular flexibility index (Phi) is 2.38. The zero-order chi connectivity index (χ0) is 8.27. The van der Waals surface area contributed by atoms with Crippen molar-refractivity contribution in [1.82, 2.24) is 9.97 Å². The van der Waals surface area contributed by atoms with Crippen LogP contribution in [0.5, 0.6) is 0 Å². The minimum atomic E-state index is -0.110. The molecule has 0 atom stereocenters. The predicted octanol–water partition coefficient (Wildman–Crippen LogP) is -0.420. The topological polar surface area (TPSA) is 71.8 Å². The number of hydrogen-bond donors (Lipinski definition) is 2. The van der Waals surface area contributed by atoms with Gasteiger partial charge in [-0.1, -0.05) is 0 Å². The van der Waals surface area contributed by atoms with Crippen molar-refractivity contribution in [3.8, 4) is 0 Å². The molecule has 0 amide bonds. The maximum absolute atomic E-state index is 10.8. The minimum absolute atomic E-state index is 0.110. The van der Waals surface area contributed by atoms with Crippen LogP contribution in [-0.4, -0.2) is 16.5 Å². The molecule has 0 bridgehead atoms. The molecule has 1 aromatic rings. The normalized spacial score (nSPS) is 10.0. The van der Waals surface area contributed by atoms with Crippen molar-refractivity contribution in [2.24, 2.45) is 5.73 Å². The number of hydrogen-bond acceptors (Lipinski definition) is 3. The van der Waals surface area contributed by atoms with Crippen molar-refractivity contribution in [2.75, 3.05) is 6.54 Å². The second-order valence-electron chi connectivity index (χ2n) is 2.36. The Bertz CT molecular complexity index is 292. The van der Waals surface area contributed by atoms with Crippen molar-refractivity contribution in [3.63, 3.8) is 0 Å². The summed E-state index contributed by atoms with van der Waals surface area (Å²) in [6, 6.07) is 1.47. The summed E-state index contributed by atoms with van der Waals surface area (Å²) in [7, 11) is 0. The van der Waals surface area contributed by atoms with Gasteiger partial charge in [0.2, 0.25) is 0 Å². The third kappa shape index (κ3) is 2.16. The molecule has 4 heteroatoms. The zero-order valence-corrected chi connectivity index (χ0v) is 6.42. The van der Waals surface area contributed by atoms with Crippen LogP contribution in [0.4, 0.5) is 0 Å². The number of aryl methyl sites for hydroxylation is 1. The molecule has 0 aliphatic heterocycles. The first kappa shape index (κ1) is 7.94. The van der Waals surface area contributed by atoms with Gasteiger partial charge in [0.1, 0.15) is 5.82 Å². The Hall–Kier alpha value is -1.16. The van der Waals surface area contributed by atoms with Gasteiger partial charge in [-0.05, 0) is 13.5 Å². The summed E-state index contributed by atoms with van der Waals surface area (Å²) in [5.41, 5.74) is 5.96. The van der Waals surface area contributed by atoms with E-state index >= 15 is 0 Å². The summed E-state index contributed by atoms with van der Waals surface area (Å²) in [5, 5.41) is 0. The highest BCUT2D eigenvalue weighted by molar-refractivity contribution is 5.02. The number of nitrogens with one attached hydrogen (secondary N) is 1. The van der Waals surface area contributed by atoms with Gasteiger partial charge < -0.3 is 10.7 Å². The fraction of sp³-hybridized carbons (Fsp3) is 0.429. The molecule has 0 saturated heterocycles. The second-order valence-corrected chi connectivity index (χ2v) is 2.36. The Morgan fingerprint density at radius 1 is 1.73 bits per heavy atom. The van der Waals surface area contributed by atoms with Crippen molar-refractivity contribution >= 4 is 0 Å². The number of nitrogens with two attached hydrogens (primary N) is 1. The third-order valence-electron chi connectivity index (χ3n) is 1.31. The van der Waals surface area contributed by atoms with Crippen molar-refractivity contribution in [2.45, 2.75) is 13.3 Å². The van der Waals surface area contributed by atoms with Crippen molar-refractivity contribution < 1.29 is 0 Å². The van der Waals surface area contributed by atoms with Crippen molar-refractivity contribution in [1.29, 1.82) is 0 Å². The molecule has 3 N–H and O–H groups in total. The zero-order valence-electron chi connectivity index (χ0n) is 6.42.